The van der Waals surface area contributed by atoms with Crippen LogP contribution >= 0.6 is 27.5 Å². The van der Waals surface area contributed by atoms with Crippen molar-refractivity contribution < 1.29 is 9.53 Å². The third kappa shape index (κ3) is 2.52. The third-order valence-corrected chi connectivity index (χ3v) is 6.20. The third-order valence-electron chi connectivity index (χ3n) is 5.03. The quantitative estimate of drug-likeness (QED) is 0.681. The van der Waals surface area contributed by atoms with E-state index in [1.54, 1.807) is 7.11 Å². The van der Waals surface area contributed by atoms with Crippen LogP contribution in [-0.2, 0) is 10.2 Å². The van der Waals surface area contributed by atoms with Crippen LogP contribution in [0.5, 0.6) is 5.75 Å². The Morgan fingerprint density at radius 3 is 2.58 bits per heavy atom. The maximum atomic E-state index is 13.1. The lowest BCUT2D eigenvalue weighted by molar-refractivity contribution is -0.118. The van der Waals surface area contributed by atoms with Gasteiger partial charge in [0.1, 0.15) is 10.6 Å². The predicted octanol–water partition coefficient (Wildman–Crippen LogP) is 4.86. The molecule has 0 saturated heterocycles. The smallest absolute Gasteiger partial charge is 0.245 e. The molecule has 3 nitrogen and oxygen atoms in total. The van der Waals surface area contributed by atoms with Crippen LogP contribution in [0.25, 0.3) is 0 Å². The number of amides is 1. The van der Waals surface area contributed by atoms with Gasteiger partial charge in [0.05, 0.1) is 12.8 Å². The van der Waals surface area contributed by atoms with Gasteiger partial charge < -0.3 is 9.64 Å². The van der Waals surface area contributed by atoms with E-state index in [1.165, 1.54) is 5.56 Å². The van der Waals surface area contributed by atoms with Gasteiger partial charge in [-0.2, -0.15) is 0 Å². The van der Waals surface area contributed by atoms with Gasteiger partial charge in [-0.1, -0.05) is 45.7 Å². The average molecular weight is 407 g/mol. The second kappa shape index (κ2) is 5.78. The van der Waals surface area contributed by atoms with E-state index in [-0.39, 0.29) is 16.1 Å². The van der Waals surface area contributed by atoms with Gasteiger partial charge in [0.2, 0.25) is 5.91 Å². The van der Waals surface area contributed by atoms with Crippen LogP contribution in [0.1, 0.15) is 28.8 Å². The molecule has 124 valence electrons. The number of fused-ring (bicyclic) bond motifs is 2. The number of benzene rings is 2. The van der Waals surface area contributed by atoms with E-state index in [9.17, 15) is 4.79 Å². The number of methoxy groups -OCH3 is 1. The lowest BCUT2D eigenvalue weighted by atomic mass is 9.99. The maximum Gasteiger partial charge on any atom is 0.245 e. The van der Waals surface area contributed by atoms with Crippen molar-refractivity contribution in [2.24, 2.45) is 0 Å². The molecule has 1 fully saturated rings. The van der Waals surface area contributed by atoms with Crippen molar-refractivity contribution in [2.75, 3.05) is 18.6 Å². The molecule has 0 N–H and O–H groups in total. The second-order valence-corrected chi connectivity index (χ2v) is 7.85. The van der Waals surface area contributed by atoms with Crippen molar-refractivity contribution in [1.82, 2.24) is 0 Å². The molecule has 0 bridgehead atoms. The average Bonchev–Trinajstić information content (AvgIpc) is 3.31. The first-order chi connectivity index (χ1) is 11.5. The van der Waals surface area contributed by atoms with Crippen molar-refractivity contribution in [3.63, 3.8) is 0 Å². The van der Waals surface area contributed by atoms with Crippen LogP contribution in [0.4, 0.5) is 5.69 Å². The number of ether oxygens (including phenoxy) is 1. The molecule has 1 aliphatic carbocycles. The monoisotopic (exact) mass is 405 g/mol. The molecule has 1 atom stereocenters. The fourth-order valence-electron chi connectivity index (χ4n) is 3.47. The minimum absolute atomic E-state index is 0.0515. The van der Waals surface area contributed by atoms with Crippen molar-refractivity contribution in [2.45, 2.75) is 23.1 Å². The van der Waals surface area contributed by atoms with E-state index in [2.05, 4.69) is 22.0 Å². The molecule has 2 aromatic carbocycles. The Bertz CT molecular complexity index is 802. The summed E-state index contributed by atoms with van der Waals surface area (Å²) >= 11 is 9.51. The van der Waals surface area contributed by atoms with E-state index in [0.717, 1.165) is 36.4 Å². The zero-order valence-corrected chi connectivity index (χ0v) is 15.6. The summed E-state index contributed by atoms with van der Waals surface area (Å²) < 4.78 is 5.35. The van der Waals surface area contributed by atoms with Crippen LogP contribution in [0.2, 0.25) is 5.02 Å². The van der Waals surface area contributed by atoms with Gasteiger partial charge in [-0.3, -0.25) is 4.79 Å². The number of rotatable bonds is 3. The van der Waals surface area contributed by atoms with E-state index in [4.69, 9.17) is 16.3 Å². The fourth-order valence-corrected chi connectivity index (χ4v) is 4.15. The summed E-state index contributed by atoms with van der Waals surface area (Å²) in [6.07, 6.45) is 2.29. The first-order valence-corrected chi connectivity index (χ1v) is 9.23. The fraction of sp³-hybridized carbons (Fsp3) is 0.316. The molecular weight excluding hydrogens is 390 g/mol. The highest BCUT2D eigenvalue weighted by Crippen LogP contribution is 2.57. The topological polar surface area (TPSA) is 29.5 Å². The molecule has 0 aromatic heterocycles. The number of alkyl halides is 1. The number of hydrogen-bond donors (Lipinski definition) is 0. The predicted molar refractivity (Wildman–Crippen MR) is 99.4 cm³/mol. The molecule has 1 heterocycles. The normalized spacial score (nSPS) is 18.4. The Morgan fingerprint density at radius 2 is 1.96 bits per heavy atom. The molecule has 2 aliphatic rings. The Kier molecular flexibility index (Phi) is 3.85. The highest BCUT2D eigenvalue weighted by molar-refractivity contribution is 9.09. The summed E-state index contributed by atoms with van der Waals surface area (Å²) in [5, 5.41) is 0.666. The van der Waals surface area contributed by atoms with Crippen molar-refractivity contribution in [1.29, 1.82) is 0 Å². The minimum Gasteiger partial charge on any atom is -0.497 e. The highest BCUT2D eigenvalue weighted by Gasteiger charge is 2.53. The van der Waals surface area contributed by atoms with E-state index >= 15 is 0 Å². The first-order valence-electron chi connectivity index (χ1n) is 7.93. The molecule has 4 rings (SSSR count). The van der Waals surface area contributed by atoms with Gasteiger partial charge >= 0.3 is 0 Å². The summed E-state index contributed by atoms with van der Waals surface area (Å²) in [6.45, 7) is 0.754. The zero-order valence-electron chi connectivity index (χ0n) is 13.3. The minimum atomic E-state index is -0.386. The molecular formula is C19H17BrClNO2. The summed E-state index contributed by atoms with van der Waals surface area (Å²) in [7, 11) is 1.65. The molecule has 1 amide bonds. The number of nitrogens with zero attached hydrogens (tertiary/aromatic N) is 1. The number of carbonyl (C=O) groups is 1. The van der Waals surface area contributed by atoms with Gasteiger partial charge in [-0.05, 0) is 42.2 Å². The molecule has 1 spiro atoms. The molecule has 1 aliphatic heterocycles. The summed E-state index contributed by atoms with van der Waals surface area (Å²) in [5.41, 5.74) is 3.32. The number of carbonyl (C=O) groups excluding carboxylic acids is 1. The van der Waals surface area contributed by atoms with Gasteiger partial charge in [0.25, 0.3) is 0 Å². The molecule has 1 unspecified atom stereocenters. The number of hydrogen-bond acceptors (Lipinski definition) is 2. The van der Waals surface area contributed by atoms with E-state index in [1.807, 2.05) is 41.3 Å². The van der Waals surface area contributed by atoms with E-state index in [0.29, 0.717) is 5.02 Å². The van der Waals surface area contributed by atoms with Crippen LogP contribution in [0.15, 0.2) is 42.5 Å². The summed E-state index contributed by atoms with van der Waals surface area (Å²) in [5.74, 6) is 0.831. The maximum absolute atomic E-state index is 13.1. The first kappa shape index (κ1) is 16.0. The van der Waals surface area contributed by atoms with Crippen LogP contribution in [0.3, 0.4) is 0 Å². The lowest BCUT2D eigenvalue weighted by Crippen LogP contribution is -2.33. The van der Waals surface area contributed by atoms with Crippen LogP contribution < -0.4 is 9.64 Å². The molecule has 5 heteroatoms. The van der Waals surface area contributed by atoms with Crippen molar-refractivity contribution in [3.05, 3.63) is 58.6 Å². The van der Waals surface area contributed by atoms with Gasteiger partial charge in [-0.25, -0.2) is 0 Å². The SMILES string of the molecule is COc1ccc2c(c1)N(C(=O)C(Br)c1ccc(Cl)cc1)CC21CC1. The Labute approximate surface area is 154 Å². The highest BCUT2D eigenvalue weighted by atomic mass is 79.9. The van der Waals surface area contributed by atoms with Gasteiger partial charge in [-0.15, -0.1) is 0 Å². The van der Waals surface area contributed by atoms with Crippen LogP contribution in [0, 0.1) is 0 Å². The molecule has 0 radical (unpaired) electrons. The largest absolute Gasteiger partial charge is 0.497 e. The van der Waals surface area contributed by atoms with Crippen molar-refractivity contribution in [3.8, 4) is 5.75 Å². The zero-order chi connectivity index (χ0) is 16.9. The van der Waals surface area contributed by atoms with E-state index < -0.39 is 0 Å². The second-order valence-electron chi connectivity index (χ2n) is 6.50. The number of anilines is 1. The number of halogens is 2. The standard InChI is InChI=1S/C19H17BrClNO2/c1-24-14-6-7-15-16(10-14)22(11-19(15)8-9-19)18(23)17(20)12-2-4-13(21)5-3-12/h2-7,10,17H,8-9,11H2,1H3. The summed E-state index contributed by atoms with van der Waals surface area (Å²) in [6, 6.07) is 13.5. The Morgan fingerprint density at radius 1 is 1.25 bits per heavy atom. The van der Waals surface area contributed by atoms with Crippen molar-refractivity contribution >= 4 is 39.1 Å². The molecule has 1 saturated carbocycles. The summed E-state index contributed by atoms with van der Waals surface area (Å²) in [4.78, 5) is 14.6. The Balaban J connectivity index is 1.67. The van der Waals surface area contributed by atoms with Gasteiger partial charge in [0, 0.05) is 23.0 Å². The lowest BCUT2D eigenvalue weighted by Gasteiger charge is -2.22. The van der Waals surface area contributed by atoms with Crippen LogP contribution in [-0.4, -0.2) is 19.6 Å². The van der Waals surface area contributed by atoms with Gasteiger partial charge in [0.15, 0.2) is 0 Å². The Hall–Kier alpha value is -1.52. The molecule has 24 heavy (non-hydrogen) atoms. The molecule has 2 aromatic rings.